The SMILES string of the molecule is CCOCCN=Cc1ccc(F)cc1Br. The van der Waals surface area contributed by atoms with Gasteiger partial charge in [-0.15, -0.1) is 0 Å². The standard InChI is InChI=1S/C11H13BrFNO/c1-2-15-6-5-14-8-9-3-4-10(13)7-11(9)12/h3-4,7-8H,2,5-6H2,1H3. The summed E-state index contributed by atoms with van der Waals surface area (Å²) in [5.41, 5.74) is 0.868. The Kier molecular flexibility index (Phi) is 5.50. The van der Waals surface area contributed by atoms with Gasteiger partial charge in [-0.3, -0.25) is 4.99 Å². The molecule has 0 radical (unpaired) electrons. The van der Waals surface area contributed by atoms with Gasteiger partial charge in [-0.1, -0.05) is 15.9 Å². The molecule has 1 aromatic rings. The van der Waals surface area contributed by atoms with Crippen LogP contribution in [0.1, 0.15) is 12.5 Å². The maximum atomic E-state index is 12.7. The third kappa shape index (κ3) is 4.53. The number of rotatable bonds is 5. The largest absolute Gasteiger partial charge is 0.380 e. The fourth-order valence-electron chi connectivity index (χ4n) is 1.03. The van der Waals surface area contributed by atoms with Gasteiger partial charge >= 0.3 is 0 Å². The number of hydrogen-bond donors (Lipinski definition) is 0. The van der Waals surface area contributed by atoms with Crippen LogP contribution in [0.5, 0.6) is 0 Å². The molecule has 0 atom stereocenters. The monoisotopic (exact) mass is 273 g/mol. The highest BCUT2D eigenvalue weighted by molar-refractivity contribution is 9.10. The van der Waals surface area contributed by atoms with Crippen molar-refractivity contribution in [1.29, 1.82) is 0 Å². The molecule has 0 aliphatic rings. The molecule has 82 valence electrons. The van der Waals surface area contributed by atoms with E-state index in [2.05, 4.69) is 20.9 Å². The second-order valence-electron chi connectivity index (χ2n) is 2.90. The van der Waals surface area contributed by atoms with E-state index in [1.54, 1.807) is 12.3 Å². The fraction of sp³-hybridized carbons (Fsp3) is 0.364. The first-order valence-electron chi connectivity index (χ1n) is 4.76. The lowest BCUT2D eigenvalue weighted by molar-refractivity contribution is 0.156. The van der Waals surface area contributed by atoms with Gasteiger partial charge in [-0.2, -0.15) is 0 Å². The van der Waals surface area contributed by atoms with E-state index in [9.17, 15) is 4.39 Å². The van der Waals surface area contributed by atoms with Gasteiger partial charge < -0.3 is 4.74 Å². The Morgan fingerprint density at radius 2 is 2.33 bits per heavy atom. The second-order valence-corrected chi connectivity index (χ2v) is 3.75. The summed E-state index contributed by atoms with van der Waals surface area (Å²) in [5, 5.41) is 0. The predicted molar refractivity (Wildman–Crippen MR) is 63.1 cm³/mol. The molecule has 0 amide bonds. The Labute approximate surface area is 97.3 Å². The highest BCUT2D eigenvalue weighted by Crippen LogP contribution is 2.15. The zero-order chi connectivity index (χ0) is 11.1. The van der Waals surface area contributed by atoms with E-state index in [0.29, 0.717) is 24.2 Å². The molecule has 0 aliphatic heterocycles. The van der Waals surface area contributed by atoms with E-state index in [-0.39, 0.29) is 5.82 Å². The highest BCUT2D eigenvalue weighted by atomic mass is 79.9. The summed E-state index contributed by atoms with van der Waals surface area (Å²) in [5.74, 6) is -0.256. The van der Waals surface area contributed by atoms with Gasteiger partial charge in [0.2, 0.25) is 0 Å². The molecule has 1 rings (SSSR count). The van der Waals surface area contributed by atoms with Crippen LogP contribution in [0.2, 0.25) is 0 Å². The number of halogens is 2. The molecule has 0 aliphatic carbocycles. The average Bonchev–Trinajstić information content (AvgIpc) is 2.20. The van der Waals surface area contributed by atoms with E-state index in [1.165, 1.54) is 12.1 Å². The van der Waals surface area contributed by atoms with Crippen molar-refractivity contribution >= 4 is 22.1 Å². The van der Waals surface area contributed by atoms with Crippen molar-refractivity contribution in [3.63, 3.8) is 0 Å². The first kappa shape index (κ1) is 12.3. The van der Waals surface area contributed by atoms with E-state index >= 15 is 0 Å². The first-order chi connectivity index (χ1) is 7.24. The number of nitrogens with zero attached hydrogens (tertiary/aromatic N) is 1. The fourth-order valence-corrected chi connectivity index (χ4v) is 1.48. The van der Waals surface area contributed by atoms with Gasteiger partial charge in [-0.05, 0) is 25.1 Å². The van der Waals surface area contributed by atoms with Crippen LogP contribution < -0.4 is 0 Å². The smallest absolute Gasteiger partial charge is 0.124 e. The average molecular weight is 274 g/mol. The van der Waals surface area contributed by atoms with Crippen LogP contribution in [0.25, 0.3) is 0 Å². The molecule has 0 bridgehead atoms. The van der Waals surface area contributed by atoms with Crippen molar-refractivity contribution in [2.75, 3.05) is 19.8 Å². The van der Waals surface area contributed by atoms with Gasteiger partial charge in [0.25, 0.3) is 0 Å². The summed E-state index contributed by atoms with van der Waals surface area (Å²) in [6, 6.07) is 4.52. The molecule has 2 nitrogen and oxygen atoms in total. The van der Waals surface area contributed by atoms with E-state index < -0.39 is 0 Å². The number of benzene rings is 1. The summed E-state index contributed by atoms with van der Waals surface area (Å²) >= 11 is 3.27. The third-order valence-electron chi connectivity index (χ3n) is 1.76. The molecular weight excluding hydrogens is 261 g/mol. The molecular formula is C11H13BrFNO. The lowest BCUT2D eigenvalue weighted by Crippen LogP contribution is -1.97. The van der Waals surface area contributed by atoms with E-state index in [4.69, 9.17) is 4.74 Å². The van der Waals surface area contributed by atoms with Crippen LogP contribution in [0.15, 0.2) is 27.7 Å². The zero-order valence-electron chi connectivity index (χ0n) is 8.54. The number of aliphatic imine (C=N–C) groups is 1. The molecule has 0 unspecified atom stereocenters. The predicted octanol–water partition coefficient (Wildman–Crippen LogP) is 3.04. The molecule has 0 N–H and O–H groups in total. The van der Waals surface area contributed by atoms with Crippen LogP contribution in [-0.2, 0) is 4.74 Å². The Bertz CT molecular complexity index is 341. The maximum absolute atomic E-state index is 12.7. The minimum absolute atomic E-state index is 0.256. The molecule has 15 heavy (non-hydrogen) atoms. The Morgan fingerprint density at radius 1 is 1.53 bits per heavy atom. The Hall–Kier alpha value is -0.740. The lowest BCUT2D eigenvalue weighted by atomic mass is 10.2. The number of ether oxygens (including phenoxy) is 1. The summed E-state index contributed by atoms with van der Waals surface area (Å²) in [4.78, 5) is 4.17. The van der Waals surface area contributed by atoms with E-state index in [1.807, 2.05) is 6.92 Å². The van der Waals surface area contributed by atoms with E-state index in [0.717, 1.165) is 5.56 Å². The van der Waals surface area contributed by atoms with Gasteiger partial charge in [0.1, 0.15) is 5.82 Å². The summed E-state index contributed by atoms with van der Waals surface area (Å²) in [6.07, 6.45) is 1.71. The van der Waals surface area contributed by atoms with Gasteiger partial charge in [-0.25, -0.2) is 4.39 Å². The highest BCUT2D eigenvalue weighted by Gasteiger charge is 1.97. The molecule has 0 aromatic heterocycles. The van der Waals surface area contributed by atoms with Crippen LogP contribution in [-0.4, -0.2) is 26.0 Å². The summed E-state index contributed by atoms with van der Waals surface area (Å²) < 4.78 is 18.6. The normalized spacial score (nSPS) is 11.1. The van der Waals surface area contributed by atoms with Gasteiger partial charge in [0.15, 0.2) is 0 Å². The Morgan fingerprint density at radius 3 is 3.00 bits per heavy atom. The topological polar surface area (TPSA) is 21.6 Å². The lowest BCUT2D eigenvalue weighted by Gasteiger charge is -1.98. The van der Waals surface area contributed by atoms with Gasteiger partial charge in [0, 0.05) is 22.9 Å². The third-order valence-corrected chi connectivity index (χ3v) is 2.45. The minimum atomic E-state index is -0.256. The van der Waals surface area contributed by atoms with Crippen molar-refractivity contribution < 1.29 is 9.13 Å². The minimum Gasteiger partial charge on any atom is -0.380 e. The van der Waals surface area contributed by atoms with Crippen molar-refractivity contribution in [1.82, 2.24) is 0 Å². The molecule has 4 heteroatoms. The molecule has 0 saturated heterocycles. The first-order valence-corrected chi connectivity index (χ1v) is 5.56. The molecule has 0 saturated carbocycles. The number of hydrogen-bond acceptors (Lipinski definition) is 2. The molecule has 0 fully saturated rings. The van der Waals surface area contributed by atoms with Crippen LogP contribution >= 0.6 is 15.9 Å². The summed E-state index contributed by atoms with van der Waals surface area (Å²) in [7, 11) is 0. The maximum Gasteiger partial charge on any atom is 0.124 e. The van der Waals surface area contributed by atoms with Crippen LogP contribution in [0.4, 0.5) is 4.39 Å². The second kappa shape index (κ2) is 6.69. The van der Waals surface area contributed by atoms with Crippen molar-refractivity contribution in [2.24, 2.45) is 4.99 Å². The zero-order valence-corrected chi connectivity index (χ0v) is 10.1. The quantitative estimate of drug-likeness (QED) is 0.597. The molecule has 1 aromatic carbocycles. The van der Waals surface area contributed by atoms with Crippen LogP contribution in [0.3, 0.4) is 0 Å². The van der Waals surface area contributed by atoms with Crippen LogP contribution in [0, 0.1) is 5.82 Å². The summed E-state index contributed by atoms with van der Waals surface area (Å²) in [6.45, 7) is 3.89. The Balaban J connectivity index is 2.49. The van der Waals surface area contributed by atoms with Crippen molar-refractivity contribution in [3.05, 3.63) is 34.1 Å². The van der Waals surface area contributed by atoms with Gasteiger partial charge in [0.05, 0.1) is 13.2 Å². The van der Waals surface area contributed by atoms with Crippen molar-refractivity contribution in [2.45, 2.75) is 6.92 Å². The van der Waals surface area contributed by atoms with Crippen molar-refractivity contribution in [3.8, 4) is 0 Å². The molecule has 0 spiro atoms. The molecule has 0 heterocycles.